The highest BCUT2D eigenvalue weighted by atomic mass is 16.3. The van der Waals surface area contributed by atoms with Crippen molar-refractivity contribution < 1.29 is 15.3 Å². The zero-order valence-corrected chi connectivity index (χ0v) is 22.6. The highest BCUT2D eigenvalue weighted by molar-refractivity contribution is 5.36. The van der Waals surface area contributed by atoms with Gasteiger partial charge in [-0.15, -0.1) is 0 Å². The van der Waals surface area contributed by atoms with E-state index in [4.69, 9.17) is 0 Å². The first kappa shape index (κ1) is 24.2. The molecule has 3 nitrogen and oxygen atoms in total. The van der Waals surface area contributed by atoms with Crippen molar-refractivity contribution in [3.05, 3.63) is 11.3 Å². The molecular weight excluding hydrogens is 408 g/mol. The van der Waals surface area contributed by atoms with Crippen molar-refractivity contribution in [1.82, 2.24) is 0 Å². The second kappa shape index (κ2) is 6.81. The highest BCUT2D eigenvalue weighted by Crippen LogP contribution is 2.76. The largest absolute Gasteiger partial charge is 0.512 e. The zero-order valence-electron chi connectivity index (χ0n) is 22.6. The van der Waals surface area contributed by atoms with E-state index in [2.05, 4.69) is 55.4 Å². The number of aliphatic hydroxyl groups excluding tert-OH is 3. The van der Waals surface area contributed by atoms with E-state index in [-0.39, 0.29) is 50.6 Å². The molecule has 3 unspecified atom stereocenters. The summed E-state index contributed by atoms with van der Waals surface area (Å²) in [7, 11) is 0. The van der Waals surface area contributed by atoms with Gasteiger partial charge in [-0.3, -0.25) is 0 Å². The van der Waals surface area contributed by atoms with Gasteiger partial charge < -0.3 is 15.3 Å². The lowest BCUT2D eigenvalue weighted by Crippen LogP contribution is -2.65. The van der Waals surface area contributed by atoms with Crippen molar-refractivity contribution in [3.8, 4) is 0 Å². The molecule has 5 aliphatic rings. The molecule has 3 heteroatoms. The van der Waals surface area contributed by atoms with Crippen molar-refractivity contribution in [2.45, 2.75) is 125 Å². The van der Waals surface area contributed by atoms with Gasteiger partial charge in [-0.05, 0) is 102 Å². The van der Waals surface area contributed by atoms with Crippen LogP contribution < -0.4 is 0 Å². The summed E-state index contributed by atoms with van der Waals surface area (Å²) in [6.45, 7) is 19.0. The lowest BCUT2D eigenvalue weighted by Gasteiger charge is -2.71. The van der Waals surface area contributed by atoms with Gasteiger partial charge in [0.15, 0.2) is 0 Å². The Bertz CT molecular complexity index is 872. The van der Waals surface area contributed by atoms with E-state index in [1.54, 1.807) is 0 Å². The van der Waals surface area contributed by atoms with Gasteiger partial charge in [-0.25, -0.2) is 0 Å². The van der Waals surface area contributed by atoms with Crippen molar-refractivity contribution in [2.75, 3.05) is 0 Å². The number of allylic oxidation sites excluding steroid dienone is 2. The minimum absolute atomic E-state index is 0.0223. The fourth-order valence-corrected chi connectivity index (χ4v) is 10.7. The molecule has 188 valence electrons. The van der Waals surface area contributed by atoms with E-state index in [1.807, 2.05) is 0 Å². The Labute approximate surface area is 202 Å². The van der Waals surface area contributed by atoms with Gasteiger partial charge in [-0.1, -0.05) is 55.4 Å². The molecular formula is C30H50O3. The predicted octanol–water partition coefficient (Wildman–Crippen LogP) is 7.03. The fourth-order valence-electron chi connectivity index (χ4n) is 10.7. The van der Waals surface area contributed by atoms with Crippen LogP contribution in [0.3, 0.4) is 0 Å². The average molecular weight is 459 g/mol. The number of hydrogen-bond acceptors (Lipinski definition) is 3. The SMILES string of the molecule is CC1(C)CC(O)[C@]2(C)CC[C@]3(C)C(=C(O)C[C@@H]4[C@@]5(C)CCC(O)C(C)(C)C5CC[C@]43C)[C@H]2C1. The number of aliphatic hydroxyl groups is 3. The molecule has 0 aromatic heterocycles. The molecule has 0 heterocycles. The van der Waals surface area contributed by atoms with E-state index in [9.17, 15) is 15.3 Å². The van der Waals surface area contributed by atoms with Crippen LogP contribution in [0.4, 0.5) is 0 Å². The maximum Gasteiger partial charge on any atom is 0.0926 e. The third-order valence-corrected chi connectivity index (χ3v) is 13.2. The monoisotopic (exact) mass is 458 g/mol. The van der Waals surface area contributed by atoms with Crippen LogP contribution in [0.1, 0.15) is 113 Å². The Morgan fingerprint density at radius 2 is 1.36 bits per heavy atom. The van der Waals surface area contributed by atoms with Crippen LogP contribution in [-0.4, -0.2) is 27.5 Å². The molecule has 4 fully saturated rings. The van der Waals surface area contributed by atoms with E-state index in [1.165, 1.54) is 18.4 Å². The molecule has 5 rings (SSSR count). The second-order valence-corrected chi connectivity index (χ2v) is 15.5. The molecule has 0 saturated heterocycles. The van der Waals surface area contributed by atoms with Crippen LogP contribution >= 0.6 is 0 Å². The highest BCUT2D eigenvalue weighted by Gasteiger charge is 2.69. The summed E-state index contributed by atoms with van der Waals surface area (Å²) in [6.07, 6.45) is 8.60. The van der Waals surface area contributed by atoms with Gasteiger partial charge in [0.2, 0.25) is 0 Å². The Balaban J connectivity index is 1.63. The lowest BCUT2D eigenvalue weighted by molar-refractivity contribution is -0.212. The minimum atomic E-state index is -0.296. The third-order valence-electron chi connectivity index (χ3n) is 13.2. The summed E-state index contributed by atoms with van der Waals surface area (Å²) in [5, 5.41) is 34.1. The molecule has 0 bridgehead atoms. The Morgan fingerprint density at radius 3 is 2.03 bits per heavy atom. The van der Waals surface area contributed by atoms with E-state index < -0.39 is 0 Å². The van der Waals surface area contributed by atoms with Crippen molar-refractivity contribution in [2.24, 2.45) is 50.2 Å². The van der Waals surface area contributed by atoms with Gasteiger partial charge in [0, 0.05) is 11.8 Å². The fraction of sp³-hybridized carbons (Fsp3) is 0.933. The van der Waals surface area contributed by atoms with Crippen LogP contribution in [-0.2, 0) is 0 Å². The first-order valence-electron chi connectivity index (χ1n) is 13.8. The maximum atomic E-state index is 11.9. The maximum absolute atomic E-state index is 11.9. The molecule has 9 atom stereocenters. The molecule has 33 heavy (non-hydrogen) atoms. The van der Waals surface area contributed by atoms with Crippen LogP contribution in [0.2, 0.25) is 0 Å². The molecule has 0 spiro atoms. The van der Waals surface area contributed by atoms with Crippen molar-refractivity contribution in [1.29, 1.82) is 0 Å². The van der Waals surface area contributed by atoms with Crippen LogP contribution in [0.25, 0.3) is 0 Å². The summed E-state index contributed by atoms with van der Waals surface area (Å²) in [6, 6.07) is 0. The topological polar surface area (TPSA) is 60.7 Å². The Hall–Kier alpha value is -0.540. The first-order valence-corrected chi connectivity index (χ1v) is 13.8. The second-order valence-electron chi connectivity index (χ2n) is 15.5. The molecule has 3 N–H and O–H groups in total. The molecule has 0 aromatic carbocycles. The summed E-state index contributed by atoms with van der Waals surface area (Å²) in [5.41, 5.74) is 1.48. The molecule has 0 radical (unpaired) electrons. The predicted molar refractivity (Wildman–Crippen MR) is 134 cm³/mol. The summed E-state index contributed by atoms with van der Waals surface area (Å²) < 4.78 is 0. The number of hydrogen-bond donors (Lipinski definition) is 3. The first-order chi connectivity index (χ1) is 15.0. The molecule has 5 aliphatic carbocycles. The quantitative estimate of drug-likeness (QED) is 0.365. The van der Waals surface area contributed by atoms with Crippen LogP contribution in [0.15, 0.2) is 11.3 Å². The van der Waals surface area contributed by atoms with Crippen molar-refractivity contribution >= 4 is 0 Å². The zero-order chi connectivity index (χ0) is 24.4. The van der Waals surface area contributed by atoms with Crippen LogP contribution in [0.5, 0.6) is 0 Å². The van der Waals surface area contributed by atoms with Crippen LogP contribution in [0, 0.1) is 50.2 Å². The van der Waals surface area contributed by atoms with Gasteiger partial charge in [-0.2, -0.15) is 0 Å². The summed E-state index contributed by atoms with van der Waals surface area (Å²) in [5.74, 6) is 1.86. The molecule has 0 aromatic rings. The van der Waals surface area contributed by atoms with Gasteiger partial charge in [0.25, 0.3) is 0 Å². The smallest absolute Gasteiger partial charge is 0.0926 e. The van der Waals surface area contributed by atoms with Gasteiger partial charge in [0.05, 0.1) is 18.0 Å². The average Bonchev–Trinajstić information content (AvgIpc) is 2.69. The molecule has 0 aliphatic heterocycles. The van der Waals surface area contributed by atoms with E-state index in [0.29, 0.717) is 17.6 Å². The normalized spacial score (nSPS) is 55.2. The standard InChI is InChI=1S/C30H50O3/c1-25(2)16-18-24-19(31)15-21-28(6)11-10-22(32)26(3,4)20(28)9-12-29(21,7)30(24,8)14-13-27(18,5)23(33)17-25/h18,20-23,31-33H,9-17H2,1-8H3/t18-,20?,21-,22?,23?,27-,28+,29-,30-/m1/s1. The van der Waals surface area contributed by atoms with E-state index in [0.717, 1.165) is 44.9 Å². The van der Waals surface area contributed by atoms with Gasteiger partial charge in [0.1, 0.15) is 0 Å². The van der Waals surface area contributed by atoms with Crippen molar-refractivity contribution in [3.63, 3.8) is 0 Å². The lowest BCUT2D eigenvalue weighted by atomic mass is 9.33. The third kappa shape index (κ3) is 2.87. The Morgan fingerprint density at radius 1 is 0.697 bits per heavy atom. The van der Waals surface area contributed by atoms with Gasteiger partial charge >= 0.3 is 0 Å². The molecule has 0 amide bonds. The van der Waals surface area contributed by atoms with E-state index >= 15 is 0 Å². The summed E-state index contributed by atoms with van der Waals surface area (Å²) in [4.78, 5) is 0. The minimum Gasteiger partial charge on any atom is -0.512 e. The number of fused-ring (bicyclic) bond motifs is 7. The number of rotatable bonds is 0. The Kier molecular flexibility index (Phi) is 4.99. The summed E-state index contributed by atoms with van der Waals surface area (Å²) >= 11 is 0. The molecule has 4 saturated carbocycles.